The van der Waals surface area contributed by atoms with Crippen LogP contribution in [0.2, 0.25) is 0 Å². The summed E-state index contributed by atoms with van der Waals surface area (Å²) in [6.07, 6.45) is 59.6. The first-order valence-electron chi connectivity index (χ1n) is 23.3. The van der Waals surface area contributed by atoms with Crippen LogP contribution in [0.1, 0.15) is 194 Å². The smallest absolute Gasteiger partial charge is 0.306 e. The number of hydrogen-bond donors (Lipinski definition) is 0. The van der Waals surface area contributed by atoms with Gasteiger partial charge in [0.2, 0.25) is 0 Å². The van der Waals surface area contributed by atoms with Crippen molar-refractivity contribution in [1.82, 2.24) is 0 Å². The van der Waals surface area contributed by atoms with Gasteiger partial charge in [0.25, 0.3) is 0 Å². The van der Waals surface area contributed by atoms with Gasteiger partial charge in [0.05, 0.1) is 0 Å². The molecule has 0 aromatic rings. The van der Waals surface area contributed by atoms with Gasteiger partial charge in [-0.25, -0.2) is 0 Å². The fourth-order valence-electron chi connectivity index (χ4n) is 5.95. The van der Waals surface area contributed by atoms with Crippen LogP contribution in [-0.2, 0) is 28.6 Å². The van der Waals surface area contributed by atoms with Crippen molar-refractivity contribution >= 4 is 17.9 Å². The van der Waals surface area contributed by atoms with Gasteiger partial charge in [-0.15, -0.1) is 0 Å². The highest BCUT2D eigenvalue weighted by molar-refractivity contribution is 5.71. The second-order valence-corrected chi connectivity index (χ2v) is 15.0. The van der Waals surface area contributed by atoms with Crippen molar-refractivity contribution in [3.05, 3.63) is 97.2 Å². The second-order valence-electron chi connectivity index (χ2n) is 15.0. The van der Waals surface area contributed by atoms with Gasteiger partial charge in [0, 0.05) is 19.3 Å². The summed E-state index contributed by atoms with van der Waals surface area (Å²) in [5, 5.41) is 0. The first kappa shape index (κ1) is 54.3. The largest absolute Gasteiger partial charge is 0.462 e. The average Bonchev–Trinajstić information content (AvgIpc) is 3.22. The molecule has 0 aliphatic rings. The molecule has 0 aromatic heterocycles. The first-order chi connectivity index (χ1) is 28.5. The molecule has 0 spiro atoms. The Morgan fingerprint density at radius 3 is 1.28 bits per heavy atom. The van der Waals surface area contributed by atoms with Gasteiger partial charge in [-0.1, -0.05) is 182 Å². The quantitative estimate of drug-likeness (QED) is 0.0202. The Morgan fingerprint density at radius 2 is 0.759 bits per heavy atom. The fourth-order valence-corrected chi connectivity index (χ4v) is 5.95. The van der Waals surface area contributed by atoms with Crippen LogP contribution in [-0.4, -0.2) is 37.2 Å². The van der Waals surface area contributed by atoms with Crippen LogP contribution in [0.4, 0.5) is 0 Å². The van der Waals surface area contributed by atoms with E-state index in [-0.39, 0.29) is 37.5 Å². The molecule has 0 heterocycles. The standard InChI is InChI=1S/C52H84O6/c1-4-7-10-13-16-19-22-25-26-28-30-33-36-39-42-45-51(54)57-48-49(47-56-50(53)44-41-38-35-32-29-24-21-18-15-12-9-6-3)58-52(55)46-43-40-37-34-31-27-23-20-17-14-11-8-5-2/h8-9,11-12,14,16-23,25,27,31,49H,4-7,10,13,15,24,26,28-30,32-48H2,1-3H3/b11-8-,12-9-,17-14-,19-16-,21-18-,23-20-,25-22-,31-27-. The van der Waals surface area contributed by atoms with Crippen molar-refractivity contribution in [3.8, 4) is 0 Å². The predicted octanol–water partition coefficient (Wildman–Crippen LogP) is 15.0. The zero-order valence-electron chi connectivity index (χ0n) is 37.3. The molecule has 0 aromatic carbocycles. The Morgan fingerprint density at radius 1 is 0.379 bits per heavy atom. The number of rotatable bonds is 40. The van der Waals surface area contributed by atoms with Crippen molar-refractivity contribution in [3.63, 3.8) is 0 Å². The molecular weight excluding hydrogens is 721 g/mol. The van der Waals surface area contributed by atoms with Crippen LogP contribution in [0.25, 0.3) is 0 Å². The van der Waals surface area contributed by atoms with E-state index in [9.17, 15) is 14.4 Å². The van der Waals surface area contributed by atoms with Crippen molar-refractivity contribution < 1.29 is 28.6 Å². The summed E-state index contributed by atoms with van der Waals surface area (Å²) in [5.41, 5.74) is 0. The zero-order chi connectivity index (χ0) is 42.3. The van der Waals surface area contributed by atoms with Crippen molar-refractivity contribution in [1.29, 1.82) is 0 Å². The molecule has 1 unspecified atom stereocenters. The number of esters is 3. The van der Waals surface area contributed by atoms with Crippen LogP contribution < -0.4 is 0 Å². The van der Waals surface area contributed by atoms with Gasteiger partial charge in [-0.2, -0.15) is 0 Å². The van der Waals surface area contributed by atoms with E-state index < -0.39 is 6.10 Å². The minimum Gasteiger partial charge on any atom is -0.462 e. The van der Waals surface area contributed by atoms with E-state index in [1.54, 1.807) is 0 Å². The maximum absolute atomic E-state index is 12.7. The maximum Gasteiger partial charge on any atom is 0.306 e. The average molecular weight is 805 g/mol. The molecule has 0 fully saturated rings. The Balaban J connectivity index is 4.50. The summed E-state index contributed by atoms with van der Waals surface area (Å²) in [5.74, 6) is -0.981. The number of allylic oxidation sites excluding steroid dienone is 16. The molecule has 0 saturated carbocycles. The third-order valence-electron chi connectivity index (χ3n) is 9.43. The summed E-state index contributed by atoms with van der Waals surface area (Å²) < 4.78 is 16.7. The molecular formula is C52H84O6. The van der Waals surface area contributed by atoms with E-state index in [2.05, 4.69) is 81.5 Å². The van der Waals surface area contributed by atoms with Gasteiger partial charge in [-0.3, -0.25) is 14.4 Å². The highest BCUT2D eigenvalue weighted by atomic mass is 16.6. The summed E-state index contributed by atoms with van der Waals surface area (Å²) in [6.45, 7) is 6.27. The molecule has 1 atom stereocenters. The minimum absolute atomic E-state index is 0.106. The number of ether oxygens (including phenoxy) is 3. The van der Waals surface area contributed by atoms with E-state index >= 15 is 0 Å². The summed E-state index contributed by atoms with van der Waals surface area (Å²) in [6, 6.07) is 0. The molecule has 0 N–H and O–H groups in total. The van der Waals surface area contributed by atoms with Gasteiger partial charge in [0.1, 0.15) is 13.2 Å². The lowest BCUT2D eigenvalue weighted by Gasteiger charge is -2.18. The van der Waals surface area contributed by atoms with Crippen LogP contribution in [0.3, 0.4) is 0 Å². The lowest BCUT2D eigenvalue weighted by molar-refractivity contribution is -0.167. The van der Waals surface area contributed by atoms with E-state index in [0.29, 0.717) is 19.3 Å². The van der Waals surface area contributed by atoms with Crippen LogP contribution >= 0.6 is 0 Å². The van der Waals surface area contributed by atoms with E-state index in [4.69, 9.17) is 14.2 Å². The van der Waals surface area contributed by atoms with Crippen molar-refractivity contribution in [2.24, 2.45) is 0 Å². The Hall–Kier alpha value is -3.67. The zero-order valence-corrected chi connectivity index (χ0v) is 37.3. The van der Waals surface area contributed by atoms with Crippen LogP contribution in [0.15, 0.2) is 97.2 Å². The highest BCUT2D eigenvalue weighted by Crippen LogP contribution is 2.12. The Kier molecular flexibility index (Phi) is 43.1. The molecule has 6 heteroatoms. The molecule has 0 radical (unpaired) electrons. The summed E-state index contributed by atoms with van der Waals surface area (Å²) in [4.78, 5) is 37.8. The van der Waals surface area contributed by atoms with E-state index in [1.165, 1.54) is 38.5 Å². The second kappa shape index (κ2) is 46.0. The van der Waals surface area contributed by atoms with Crippen molar-refractivity contribution in [2.45, 2.75) is 200 Å². The molecule has 0 aliphatic heterocycles. The van der Waals surface area contributed by atoms with Gasteiger partial charge in [-0.05, 0) is 89.9 Å². The topological polar surface area (TPSA) is 78.9 Å². The SMILES string of the molecule is CC\C=C/C=C\C=C/C=C\CCCCCC(=O)OC(COC(=O)CCCCCCC/C=C\C/C=C\CC)COC(=O)CCCCCCCC/C=C\C=C/CCCCC. The number of carbonyl (C=O) groups is 3. The molecule has 0 bridgehead atoms. The van der Waals surface area contributed by atoms with Crippen molar-refractivity contribution in [2.75, 3.05) is 13.2 Å². The third-order valence-corrected chi connectivity index (χ3v) is 9.43. The first-order valence-corrected chi connectivity index (χ1v) is 23.3. The van der Waals surface area contributed by atoms with E-state index in [1.807, 2.05) is 36.5 Å². The number of carbonyl (C=O) groups excluding carboxylic acids is 3. The van der Waals surface area contributed by atoms with Gasteiger partial charge >= 0.3 is 17.9 Å². The molecule has 0 saturated heterocycles. The number of unbranched alkanes of at least 4 members (excludes halogenated alkanes) is 17. The fraction of sp³-hybridized carbons (Fsp3) is 0.635. The highest BCUT2D eigenvalue weighted by Gasteiger charge is 2.19. The number of hydrogen-bond acceptors (Lipinski definition) is 6. The lowest BCUT2D eigenvalue weighted by Crippen LogP contribution is -2.30. The van der Waals surface area contributed by atoms with Gasteiger partial charge in [0.15, 0.2) is 6.10 Å². The predicted molar refractivity (Wildman–Crippen MR) is 247 cm³/mol. The molecule has 0 amide bonds. The Bertz CT molecular complexity index is 1200. The monoisotopic (exact) mass is 805 g/mol. The lowest BCUT2D eigenvalue weighted by atomic mass is 10.1. The van der Waals surface area contributed by atoms with Gasteiger partial charge < -0.3 is 14.2 Å². The molecule has 0 rings (SSSR count). The molecule has 58 heavy (non-hydrogen) atoms. The Labute approximate surface area is 356 Å². The summed E-state index contributed by atoms with van der Waals surface area (Å²) in [7, 11) is 0. The van der Waals surface area contributed by atoms with E-state index in [0.717, 1.165) is 109 Å². The normalized spacial score (nSPS) is 12.9. The molecule has 6 nitrogen and oxygen atoms in total. The molecule has 0 aliphatic carbocycles. The van der Waals surface area contributed by atoms with Crippen LogP contribution in [0, 0.1) is 0 Å². The maximum atomic E-state index is 12.7. The molecule has 328 valence electrons. The third kappa shape index (κ3) is 43.5. The minimum atomic E-state index is -0.808. The van der Waals surface area contributed by atoms with Crippen LogP contribution in [0.5, 0.6) is 0 Å². The summed E-state index contributed by atoms with van der Waals surface area (Å²) >= 11 is 0.